The molecule has 0 aliphatic carbocycles. The van der Waals surface area contributed by atoms with Crippen LogP contribution in [0.3, 0.4) is 0 Å². The van der Waals surface area contributed by atoms with Gasteiger partial charge < -0.3 is 10.1 Å². The molecule has 5 rings (SSSR count). The number of hydrogen-bond acceptors (Lipinski definition) is 4. The minimum atomic E-state index is -0.730. The van der Waals surface area contributed by atoms with E-state index in [9.17, 15) is 14.0 Å². The fourth-order valence-electron chi connectivity index (χ4n) is 4.29. The van der Waals surface area contributed by atoms with Gasteiger partial charge in [-0.05, 0) is 54.4 Å². The Bertz CT molecular complexity index is 1370. The average molecular weight is 458 g/mol. The van der Waals surface area contributed by atoms with Gasteiger partial charge in [0.05, 0.1) is 24.6 Å². The van der Waals surface area contributed by atoms with E-state index in [-0.39, 0.29) is 18.2 Å². The maximum absolute atomic E-state index is 13.5. The van der Waals surface area contributed by atoms with Gasteiger partial charge in [-0.2, -0.15) is 0 Å². The number of nitrogens with one attached hydrogen (secondary N) is 1. The number of rotatable bonds is 7. The standard InChI is InChI=1S/C26H23FN4O3/c1-34-20-11-9-17(10-12-20)13-14-30-25(33)23(16-24(32)28-19-6-4-5-18(27)15-19)31-22-8-3-2-7-21(22)29-26(30)31/h2-12,15,23H,13-14,16H2,1H3,(H,28,32). The molecule has 0 radical (unpaired) electrons. The van der Waals surface area contributed by atoms with E-state index in [1.54, 1.807) is 18.1 Å². The van der Waals surface area contributed by atoms with Gasteiger partial charge in [-0.3, -0.25) is 19.1 Å². The van der Waals surface area contributed by atoms with E-state index in [1.165, 1.54) is 18.2 Å². The summed E-state index contributed by atoms with van der Waals surface area (Å²) in [5.41, 5.74) is 2.96. The molecule has 0 saturated carbocycles. The summed E-state index contributed by atoms with van der Waals surface area (Å²) < 4.78 is 20.5. The topological polar surface area (TPSA) is 76.5 Å². The molecule has 8 heteroatoms. The number of nitrogens with zero attached hydrogens (tertiary/aromatic N) is 3. The van der Waals surface area contributed by atoms with E-state index < -0.39 is 11.9 Å². The lowest BCUT2D eigenvalue weighted by atomic mass is 10.1. The van der Waals surface area contributed by atoms with Gasteiger partial charge in [0.15, 0.2) is 0 Å². The maximum atomic E-state index is 13.5. The Morgan fingerprint density at radius 3 is 2.65 bits per heavy atom. The first-order valence-electron chi connectivity index (χ1n) is 11.0. The van der Waals surface area contributed by atoms with Crippen LogP contribution in [0.4, 0.5) is 16.0 Å². The minimum Gasteiger partial charge on any atom is -0.497 e. The van der Waals surface area contributed by atoms with Gasteiger partial charge in [0, 0.05) is 12.2 Å². The van der Waals surface area contributed by atoms with Crippen LogP contribution < -0.4 is 15.0 Å². The molecule has 1 unspecified atom stereocenters. The molecule has 0 fully saturated rings. The normalized spacial score (nSPS) is 14.9. The summed E-state index contributed by atoms with van der Waals surface area (Å²) in [7, 11) is 1.62. The number of imidazole rings is 1. The number of amides is 2. The third kappa shape index (κ3) is 4.10. The van der Waals surface area contributed by atoms with Crippen LogP contribution in [-0.4, -0.2) is 35.0 Å². The molecular weight excluding hydrogens is 435 g/mol. The van der Waals surface area contributed by atoms with E-state index >= 15 is 0 Å². The molecule has 34 heavy (non-hydrogen) atoms. The third-order valence-corrected chi connectivity index (χ3v) is 5.95. The van der Waals surface area contributed by atoms with Crippen molar-refractivity contribution in [3.63, 3.8) is 0 Å². The molecule has 0 spiro atoms. The lowest BCUT2D eigenvalue weighted by Crippen LogP contribution is -2.33. The number of halogens is 1. The molecular formula is C26H23FN4O3. The summed E-state index contributed by atoms with van der Waals surface area (Å²) in [6, 6.07) is 20.2. The second kappa shape index (κ2) is 8.97. The van der Waals surface area contributed by atoms with Crippen LogP contribution in [0.5, 0.6) is 5.75 Å². The Morgan fingerprint density at radius 2 is 1.88 bits per heavy atom. The van der Waals surface area contributed by atoms with Gasteiger partial charge >= 0.3 is 0 Å². The SMILES string of the molecule is COc1ccc(CCN2C(=O)C(CC(=O)Nc3cccc(F)c3)n3c2nc2ccccc23)cc1. The Kier molecular flexibility index (Phi) is 5.71. The van der Waals surface area contributed by atoms with Gasteiger partial charge in [-0.15, -0.1) is 0 Å². The van der Waals surface area contributed by atoms with Gasteiger partial charge in [-0.1, -0.05) is 30.3 Å². The number of aromatic nitrogens is 2. The van der Waals surface area contributed by atoms with E-state index in [2.05, 4.69) is 10.3 Å². The number of ether oxygens (including phenoxy) is 1. The first-order chi connectivity index (χ1) is 16.5. The summed E-state index contributed by atoms with van der Waals surface area (Å²) in [6.07, 6.45) is 0.545. The lowest BCUT2D eigenvalue weighted by Gasteiger charge is -2.16. The number of methoxy groups -OCH3 is 1. The molecule has 1 aromatic heterocycles. The van der Waals surface area contributed by atoms with Crippen molar-refractivity contribution in [3.05, 3.63) is 84.2 Å². The van der Waals surface area contributed by atoms with E-state index in [1.807, 2.05) is 53.1 Å². The second-order valence-electron chi connectivity index (χ2n) is 8.14. The number of hydrogen-bond donors (Lipinski definition) is 1. The molecule has 1 aliphatic rings. The van der Waals surface area contributed by atoms with Crippen LogP contribution in [0.15, 0.2) is 72.8 Å². The Balaban J connectivity index is 1.40. The number of carbonyl (C=O) groups is 2. The number of para-hydroxylation sites is 2. The first kappa shape index (κ1) is 21.6. The summed E-state index contributed by atoms with van der Waals surface area (Å²) in [5, 5.41) is 2.69. The predicted octanol–water partition coefficient (Wildman–Crippen LogP) is 4.34. The molecule has 2 amide bonds. The lowest BCUT2D eigenvalue weighted by molar-refractivity contribution is -0.124. The number of benzene rings is 3. The highest BCUT2D eigenvalue weighted by atomic mass is 19.1. The van der Waals surface area contributed by atoms with Gasteiger partial charge in [0.1, 0.15) is 17.6 Å². The van der Waals surface area contributed by atoms with E-state index in [0.717, 1.165) is 22.3 Å². The monoisotopic (exact) mass is 458 g/mol. The smallest absolute Gasteiger partial charge is 0.253 e. The predicted molar refractivity (Wildman–Crippen MR) is 127 cm³/mol. The molecule has 0 bridgehead atoms. The van der Waals surface area contributed by atoms with Crippen molar-refractivity contribution in [3.8, 4) is 5.75 Å². The fraction of sp³-hybridized carbons (Fsp3) is 0.192. The minimum absolute atomic E-state index is 0.0816. The molecule has 1 N–H and O–H groups in total. The van der Waals surface area contributed by atoms with E-state index in [0.29, 0.717) is 24.6 Å². The van der Waals surface area contributed by atoms with Crippen LogP contribution >= 0.6 is 0 Å². The zero-order chi connectivity index (χ0) is 23.7. The summed E-state index contributed by atoms with van der Waals surface area (Å²) in [5.74, 6) is 0.304. The van der Waals surface area contributed by atoms with Crippen LogP contribution in [0, 0.1) is 5.82 Å². The summed E-state index contributed by atoms with van der Waals surface area (Å²) >= 11 is 0. The fourth-order valence-corrected chi connectivity index (χ4v) is 4.29. The van der Waals surface area contributed by atoms with Crippen molar-refractivity contribution in [1.82, 2.24) is 9.55 Å². The molecule has 172 valence electrons. The van der Waals surface area contributed by atoms with Crippen molar-refractivity contribution >= 4 is 34.5 Å². The van der Waals surface area contributed by atoms with Gasteiger partial charge in [0.25, 0.3) is 5.91 Å². The number of anilines is 2. The second-order valence-corrected chi connectivity index (χ2v) is 8.14. The largest absolute Gasteiger partial charge is 0.497 e. The summed E-state index contributed by atoms with van der Waals surface area (Å²) in [6.45, 7) is 0.427. The molecule has 1 atom stereocenters. The van der Waals surface area contributed by atoms with Crippen LogP contribution in [-0.2, 0) is 16.0 Å². The van der Waals surface area contributed by atoms with Crippen LogP contribution in [0.1, 0.15) is 18.0 Å². The van der Waals surface area contributed by atoms with Gasteiger partial charge in [0.2, 0.25) is 11.9 Å². The highest BCUT2D eigenvalue weighted by Gasteiger charge is 2.40. The quantitative estimate of drug-likeness (QED) is 0.447. The third-order valence-electron chi connectivity index (χ3n) is 5.95. The van der Waals surface area contributed by atoms with Crippen molar-refractivity contribution in [2.24, 2.45) is 0 Å². The highest BCUT2D eigenvalue weighted by molar-refractivity contribution is 6.05. The molecule has 4 aromatic rings. The molecule has 2 heterocycles. The van der Waals surface area contributed by atoms with Crippen LogP contribution in [0.25, 0.3) is 11.0 Å². The Hall–Kier alpha value is -4.20. The Morgan fingerprint density at radius 1 is 1.09 bits per heavy atom. The number of carbonyl (C=O) groups excluding carboxylic acids is 2. The molecule has 7 nitrogen and oxygen atoms in total. The van der Waals surface area contributed by atoms with Crippen molar-refractivity contribution < 1.29 is 18.7 Å². The van der Waals surface area contributed by atoms with Gasteiger partial charge in [-0.25, -0.2) is 9.37 Å². The maximum Gasteiger partial charge on any atom is 0.253 e. The average Bonchev–Trinajstić information content (AvgIpc) is 3.33. The van der Waals surface area contributed by atoms with Crippen molar-refractivity contribution in [2.75, 3.05) is 23.9 Å². The van der Waals surface area contributed by atoms with Crippen molar-refractivity contribution in [2.45, 2.75) is 18.9 Å². The molecule has 1 aliphatic heterocycles. The zero-order valence-corrected chi connectivity index (χ0v) is 18.6. The first-order valence-corrected chi connectivity index (χ1v) is 11.0. The van der Waals surface area contributed by atoms with E-state index in [4.69, 9.17) is 4.74 Å². The molecule has 3 aromatic carbocycles. The Labute approximate surface area is 195 Å². The highest BCUT2D eigenvalue weighted by Crippen LogP contribution is 2.36. The van der Waals surface area contributed by atoms with Crippen molar-refractivity contribution in [1.29, 1.82) is 0 Å². The summed E-state index contributed by atoms with van der Waals surface area (Å²) in [4.78, 5) is 32.6. The van der Waals surface area contributed by atoms with Crippen LogP contribution in [0.2, 0.25) is 0 Å². The molecule has 0 saturated heterocycles. The zero-order valence-electron chi connectivity index (χ0n) is 18.6. The number of fused-ring (bicyclic) bond motifs is 3.